The Morgan fingerprint density at radius 1 is 1.10 bits per heavy atom. The number of rotatable bonds is 7. The number of benzene rings is 2. The monoisotopic (exact) mass is 411 g/mol. The van der Waals surface area contributed by atoms with Gasteiger partial charge in [0.25, 0.3) is 5.91 Å². The van der Waals surface area contributed by atoms with Crippen LogP contribution in [-0.2, 0) is 16.6 Å². The number of carbonyl (C=O) groups is 1. The first-order valence-electron chi connectivity index (χ1n) is 8.80. The average molecular weight is 411 g/mol. The second-order valence-electron chi connectivity index (χ2n) is 6.39. The zero-order valence-corrected chi connectivity index (χ0v) is 16.9. The number of nitrogens with one attached hydrogen (secondary N) is 1. The molecule has 0 radical (unpaired) electrons. The SMILES string of the molecule is COc1cccc(S(=O)(=O)NCc2ccc(-c3ccc(C(N)=O)c(C)n3)cc2)c1. The van der Waals surface area contributed by atoms with E-state index in [1.54, 1.807) is 31.2 Å². The molecule has 3 N–H and O–H groups in total. The van der Waals surface area contributed by atoms with E-state index in [-0.39, 0.29) is 11.4 Å². The lowest BCUT2D eigenvalue weighted by atomic mass is 10.1. The third kappa shape index (κ3) is 4.79. The summed E-state index contributed by atoms with van der Waals surface area (Å²) in [5.41, 5.74) is 8.61. The predicted molar refractivity (Wildman–Crippen MR) is 110 cm³/mol. The van der Waals surface area contributed by atoms with Crippen LogP contribution in [0.15, 0.2) is 65.6 Å². The lowest BCUT2D eigenvalue weighted by molar-refractivity contribution is 0.0999. The van der Waals surface area contributed by atoms with Crippen LogP contribution < -0.4 is 15.2 Å². The molecule has 8 heteroatoms. The smallest absolute Gasteiger partial charge is 0.250 e. The lowest BCUT2D eigenvalue weighted by Crippen LogP contribution is -2.23. The number of nitrogens with zero attached hydrogens (tertiary/aromatic N) is 1. The molecule has 0 aliphatic carbocycles. The van der Waals surface area contributed by atoms with Crippen LogP contribution in [0.4, 0.5) is 0 Å². The van der Waals surface area contributed by atoms with Crippen molar-refractivity contribution in [3.63, 3.8) is 0 Å². The van der Waals surface area contributed by atoms with Gasteiger partial charge >= 0.3 is 0 Å². The van der Waals surface area contributed by atoms with E-state index in [2.05, 4.69) is 9.71 Å². The number of nitrogens with two attached hydrogens (primary N) is 1. The zero-order valence-electron chi connectivity index (χ0n) is 16.0. The minimum absolute atomic E-state index is 0.141. The normalized spacial score (nSPS) is 11.2. The van der Waals surface area contributed by atoms with Crippen molar-refractivity contribution in [1.82, 2.24) is 9.71 Å². The van der Waals surface area contributed by atoms with E-state index < -0.39 is 15.9 Å². The second-order valence-corrected chi connectivity index (χ2v) is 8.16. The Labute approximate surface area is 169 Å². The Kier molecular flexibility index (Phi) is 5.95. The van der Waals surface area contributed by atoms with Crippen molar-refractivity contribution in [2.24, 2.45) is 5.73 Å². The van der Waals surface area contributed by atoms with Crippen molar-refractivity contribution in [3.05, 3.63) is 77.5 Å². The van der Waals surface area contributed by atoms with E-state index in [9.17, 15) is 13.2 Å². The van der Waals surface area contributed by atoms with Gasteiger partial charge in [-0.1, -0.05) is 30.3 Å². The number of ether oxygens (including phenoxy) is 1. The number of aryl methyl sites for hydroxylation is 1. The molecule has 0 fully saturated rings. The van der Waals surface area contributed by atoms with Gasteiger partial charge in [0, 0.05) is 18.2 Å². The standard InChI is InChI=1S/C21H21N3O4S/c1-14-19(21(22)25)10-11-20(24-14)16-8-6-15(7-9-16)13-23-29(26,27)18-5-3-4-17(12-18)28-2/h3-12,23H,13H2,1-2H3,(H2,22,25). The van der Waals surface area contributed by atoms with E-state index in [0.717, 1.165) is 11.1 Å². The molecule has 0 saturated carbocycles. The van der Waals surface area contributed by atoms with Gasteiger partial charge in [0.2, 0.25) is 10.0 Å². The number of sulfonamides is 1. The minimum Gasteiger partial charge on any atom is -0.497 e. The fourth-order valence-electron chi connectivity index (χ4n) is 2.81. The molecule has 0 unspecified atom stereocenters. The van der Waals surface area contributed by atoms with Crippen molar-refractivity contribution in [2.75, 3.05) is 7.11 Å². The number of carbonyl (C=O) groups excluding carboxylic acids is 1. The summed E-state index contributed by atoms with van der Waals surface area (Å²) in [4.78, 5) is 15.9. The Morgan fingerprint density at radius 2 is 1.83 bits per heavy atom. The highest BCUT2D eigenvalue weighted by molar-refractivity contribution is 7.89. The Balaban J connectivity index is 1.72. The summed E-state index contributed by atoms with van der Waals surface area (Å²) in [6.07, 6.45) is 0. The molecule has 0 atom stereocenters. The van der Waals surface area contributed by atoms with Crippen LogP contribution in [-0.4, -0.2) is 26.4 Å². The van der Waals surface area contributed by atoms with Gasteiger partial charge in [-0.05, 0) is 36.8 Å². The molecule has 7 nitrogen and oxygen atoms in total. The molecule has 1 heterocycles. The quantitative estimate of drug-likeness (QED) is 0.621. The molecule has 3 rings (SSSR count). The zero-order chi connectivity index (χ0) is 21.0. The van der Waals surface area contributed by atoms with Gasteiger partial charge in [0.15, 0.2) is 0 Å². The topological polar surface area (TPSA) is 111 Å². The third-order valence-corrected chi connectivity index (χ3v) is 5.82. The van der Waals surface area contributed by atoms with Crippen molar-refractivity contribution in [3.8, 4) is 17.0 Å². The molecule has 3 aromatic rings. The number of hydrogen-bond acceptors (Lipinski definition) is 5. The van der Waals surface area contributed by atoms with Gasteiger partial charge in [0.05, 0.1) is 29.0 Å². The molecule has 1 amide bonds. The first kappa shape index (κ1) is 20.5. The first-order chi connectivity index (χ1) is 13.8. The van der Waals surface area contributed by atoms with Gasteiger partial charge in [0.1, 0.15) is 5.75 Å². The summed E-state index contributed by atoms with van der Waals surface area (Å²) in [5, 5.41) is 0. The van der Waals surface area contributed by atoms with Gasteiger partial charge in [-0.2, -0.15) is 0 Å². The summed E-state index contributed by atoms with van der Waals surface area (Å²) in [6.45, 7) is 1.87. The summed E-state index contributed by atoms with van der Waals surface area (Å²) < 4.78 is 32.6. The largest absolute Gasteiger partial charge is 0.497 e. The summed E-state index contributed by atoms with van der Waals surface area (Å²) in [6, 6.07) is 17.0. The van der Waals surface area contributed by atoms with Crippen LogP contribution in [0.3, 0.4) is 0 Å². The highest BCUT2D eigenvalue weighted by Gasteiger charge is 2.14. The highest BCUT2D eigenvalue weighted by atomic mass is 32.2. The molecule has 2 aromatic carbocycles. The minimum atomic E-state index is -3.66. The maximum absolute atomic E-state index is 12.5. The van der Waals surface area contributed by atoms with Crippen LogP contribution in [0.5, 0.6) is 5.75 Å². The fraction of sp³-hybridized carbons (Fsp3) is 0.143. The molecule has 0 aliphatic heterocycles. The number of methoxy groups -OCH3 is 1. The second kappa shape index (κ2) is 8.42. The Bertz CT molecular complexity index is 1140. The summed E-state index contributed by atoms with van der Waals surface area (Å²) in [7, 11) is -2.17. The molecule has 150 valence electrons. The molecular formula is C21H21N3O4S. The predicted octanol–water partition coefficient (Wildman–Crippen LogP) is 2.64. The maximum Gasteiger partial charge on any atom is 0.250 e. The number of primary amides is 1. The fourth-order valence-corrected chi connectivity index (χ4v) is 3.86. The Morgan fingerprint density at radius 3 is 2.45 bits per heavy atom. The van der Waals surface area contributed by atoms with E-state index in [0.29, 0.717) is 22.7 Å². The average Bonchev–Trinajstić information content (AvgIpc) is 2.72. The number of amides is 1. The molecule has 0 spiro atoms. The van der Waals surface area contributed by atoms with Gasteiger partial charge in [-0.25, -0.2) is 13.1 Å². The molecule has 0 aliphatic rings. The molecule has 1 aromatic heterocycles. The lowest BCUT2D eigenvalue weighted by Gasteiger charge is -2.09. The van der Waals surface area contributed by atoms with Crippen LogP contribution in [0.2, 0.25) is 0 Å². The summed E-state index contributed by atoms with van der Waals surface area (Å²) in [5.74, 6) is -0.0393. The van der Waals surface area contributed by atoms with Crippen molar-refractivity contribution in [2.45, 2.75) is 18.4 Å². The van der Waals surface area contributed by atoms with Crippen molar-refractivity contribution >= 4 is 15.9 Å². The third-order valence-electron chi connectivity index (χ3n) is 4.42. The van der Waals surface area contributed by atoms with Gasteiger partial charge < -0.3 is 10.5 Å². The van der Waals surface area contributed by atoms with Gasteiger partial charge in [-0.15, -0.1) is 0 Å². The first-order valence-corrected chi connectivity index (χ1v) is 10.3. The van der Waals surface area contributed by atoms with Crippen LogP contribution in [0, 0.1) is 6.92 Å². The molecule has 29 heavy (non-hydrogen) atoms. The molecule has 0 bridgehead atoms. The maximum atomic E-state index is 12.5. The number of hydrogen-bond donors (Lipinski definition) is 2. The van der Waals surface area contributed by atoms with Crippen molar-refractivity contribution < 1.29 is 17.9 Å². The van der Waals surface area contributed by atoms with Crippen LogP contribution in [0.1, 0.15) is 21.6 Å². The Hall–Kier alpha value is -3.23. The number of aromatic nitrogens is 1. The van der Waals surface area contributed by atoms with Crippen LogP contribution in [0.25, 0.3) is 11.3 Å². The van der Waals surface area contributed by atoms with Gasteiger partial charge in [-0.3, -0.25) is 9.78 Å². The van der Waals surface area contributed by atoms with E-state index in [1.807, 2.05) is 24.3 Å². The molecule has 0 saturated heterocycles. The van der Waals surface area contributed by atoms with Crippen LogP contribution >= 0.6 is 0 Å². The molecular weight excluding hydrogens is 390 g/mol. The number of pyridine rings is 1. The summed E-state index contributed by atoms with van der Waals surface area (Å²) >= 11 is 0. The van der Waals surface area contributed by atoms with E-state index in [1.165, 1.54) is 19.2 Å². The van der Waals surface area contributed by atoms with E-state index in [4.69, 9.17) is 10.5 Å². The highest BCUT2D eigenvalue weighted by Crippen LogP contribution is 2.20. The van der Waals surface area contributed by atoms with Crippen molar-refractivity contribution in [1.29, 1.82) is 0 Å². The van der Waals surface area contributed by atoms with E-state index >= 15 is 0 Å².